The fraction of sp³-hybridized carbons (Fsp3) is 0.667. The Bertz CT molecular complexity index is 679. The van der Waals surface area contributed by atoms with Gasteiger partial charge in [-0.25, -0.2) is 17.9 Å². The second kappa shape index (κ2) is 6.26. The molecule has 2 rings (SSSR count). The van der Waals surface area contributed by atoms with Gasteiger partial charge in [0.15, 0.2) is 0 Å². The number of likely N-dealkylation sites (tertiary alicyclic amines) is 1. The summed E-state index contributed by atoms with van der Waals surface area (Å²) in [6.07, 6.45) is 1.44. The van der Waals surface area contributed by atoms with Crippen molar-refractivity contribution in [1.29, 1.82) is 0 Å². The number of nitrogens with zero attached hydrogens (tertiary/aromatic N) is 1. The van der Waals surface area contributed by atoms with Crippen LogP contribution in [-0.4, -0.2) is 49.1 Å². The van der Waals surface area contributed by atoms with Crippen molar-refractivity contribution in [3.8, 4) is 0 Å². The van der Waals surface area contributed by atoms with Crippen LogP contribution >= 0.6 is 0 Å². The molecule has 1 aliphatic heterocycles. The summed E-state index contributed by atoms with van der Waals surface area (Å²) in [5.74, 6) is -1.57. The van der Waals surface area contributed by atoms with Crippen molar-refractivity contribution in [3.05, 3.63) is 17.6 Å². The first-order valence-corrected chi connectivity index (χ1v) is 9.10. The molecule has 0 bridgehead atoms. The highest BCUT2D eigenvalue weighted by Crippen LogP contribution is 2.24. The zero-order valence-corrected chi connectivity index (χ0v) is 14.7. The van der Waals surface area contributed by atoms with Gasteiger partial charge in [-0.3, -0.25) is 4.90 Å². The van der Waals surface area contributed by atoms with Gasteiger partial charge < -0.3 is 9.52 Å². The smallest absolute Gasteiger partial charge is 0.371 e. The highest BCUT2D eigenvalue weighted by atomic mass is 32.2. The number of carboxylic acid groups (broad SMARTS) is 1. The zero-order chi connectivity index (χ0) is 17.4. The summed E-state index contributed by atoms with van der Waals surface area (Å²) >= 11 is 0. The van der Waals surface area contributed by atoms with E-state index in [2.05, 4.69) is 30.4 Å². The maximum atomic E-state index is 12.5. The Balaban J connectivity index is 2.07. The number of sulfonamides is 1. The van der Waals surface area contributed by atoms with Gasteiger partial charge >= 0.3 is 5.97 Å². The lowest BCUT2D eigenvalue weighted by molar-refractivity contribution is 0.0661. The lowest BCUT2D eigenvalue weighted by atomic mass is 9.99. The molecule has 7 nitrogen and oxygen atoms in total. The standard InChI is InChI=1S/C15H24N2O5S/c1-10-13(9-12(22-10)14(18)19)23(20,21)16-11-5-7-17(8-6-11)15(2,3)4/h9,11,16H,5-8H2,1-4H3,(H,18,19). The monoisotopic (exact) mass is 344 g/mol. The van der Waals surface area contributed by atoms with Crippen LogP contribution in [0.5, 0.6) is 0 Å². The third kappa shape index (κ3) is 4.13. The van der Waals surface area contributed by atoms with Crippen LogP contribution in [0.4, 0.5) is 0 Å². The molecule has 130 valence electrons. The molecule has 0 spiro atoms. The lowest BCUT2D eigenvalue weighted by Crippen LogP contribution is -2.50. The van der Waals surface area contributed by atoms with Crippen LogP contribution in [0.1, 0.15) is 49.9 Å². The van der Waals surface area contributed by atoms with E-state index >= 15 is 0 Å². The van der Waals surface area contributed by atoms with E-state index in [1.807, 2.05) is 0 Å². The normalized spacial score (nSPS) is 18.3. The van der Waals surface area contributed by atoms with E-state index in [0.29, 0.717) is 0 Å². The van der Waals surface area contributed by atoms with Gasteiger partial charge in [-0.05, 0) is 40.5 Å². The van der Waals surface area contributed by atoms with Crippen LogP contribution in [0.3, 0.4) is 0 Å². The molecule has 0 atom stereocenters. The Labute approximate surface area is 136 Å². The second-order valence-corrected chi connectivity index (χ2v) is 8.57. The molecule has 8 heteroatoms. The van der Waals surface area contributed by atoms with Crippen molar-refractivity contribution in [2.75, 3.05) is 13.1 Å². The lowest BCUT2D eigenvalue weighted by Gasteiger charge is -2.40. The minimum Gasteiger partial charge on any atom is -0.475 e. The number of carboxylic acids is 1. The summed E-state index contributed by atoms with van der Waals surface area (Å²) < 4.78 is 32.6. The average molecular weight is 344 g/mol. The molecule has 0 radical (unpaired) electrons. The largest absolute Gasteiger partial charge is 0.475 e. The molecule has 1 aliphatic rings. The van der Waals surface area contributed by atoms with Crippen LogP contribution in [0.25, 0.3) is 0 Å². The van der Waals surface area contributed by atoms with E-state index in [1.54, 1.807) is 0 Å². The van der Waals surface area contributed by atoms with Crippen LogP contribution in [0, 0.1) is 6.92 Å². The van der Waals surface area contributed by atoms with E-state index in [1.165, 1.54) is 6.92 Å². The molecule has 0 aromatic carbocycles. The van der Waals surface area contributed by atoms with E-state index in [0.717, 1.165) is 32.0 Å². The number of carbonyl (C=O) groups is 1. The summed E-state index contributed by atoms with van der Waals surface area (Å²) in [4.78, 5) is 13.1. The van der Waals surface area contributed by atoms with E-state index in [4.69, 9.17) is 9.52 Å². The molecule has 1 saturated heterocycles. The van der Waals surface area contributed by atoms with Crippen molar-refractivity contribution in [3.63, 3.8) is 0 Å². The van der Waals surface area contributed by atoms with Crippen molar-refractivity contribution >= 4 is 16.0 Å². The van der Waals surface area contributed by atoms with Crippen LogP contribution in [0.2, 0.25) is 0 Å². The fourth-order valence-electron chi connectivity index (χ4n) is 2.79. The SMILES string of the molecule is Cc1oc(C(=O)O)cc1S(=O)(=O)NC1CCN(C(C)(C)C)CC1. The molecule has 0 unspecified atom stereocenters. The summed E-state index contributed by atoms with van der Waals surface area (Å²) in [6, 6.07) is 0.908. The van der Waals surface area contributed by atoms with Crippen molar-refractivity contribution in [2.45, 2.75) is 57.0 Å². The minimum absolute atomic E-state index is 0.0708. The number of piperidine rings is 1. The molecule has 1 aromatic heterocycles. The fourth-order valence-corrected chi connectivity index (χ4v) is 4.27. The molecule has 0 amide bonds. The summed E-state index contributed by atoms with van der Waals surface area (Å²) in [6.45, 7) is 9.51. The highest BCUT2D eigenvalue weighted by molar-refractivity contribution is 7.89. The van der Waals surface area contributed by atoms with Gasteiger partial charge in [0.25, 0.3) is 0 Å². The molecule has 23 heavy (non-hydrogen) atoms. The first-order chi connectivity index (χ1) is 10.5. The Morgan fingerprint density at radius 3 is 2.35 bits per heavy atom. The van der Waals surface area contributed by atoms with Crippen LogP contribution in [0.15, 0.2) is 15.4 Å². The summed E-state index contributed by atoms with van der Waals surface area (Å²) in [5, 5.41) is 8.90. The van der Waals surface area contributed by atoms with Crippen molar-refractivity contribution in [1.82, 2.24) is 9.62 Å². The molecule has 1 fully saturated rings. The van der Waals surface area contributed by atoms with E-state index in [-0.39, 0.29) is 28.0 Å². The number of furan rings is 1. The first kappa shape index (κ1) is 18.0. The van der Waals surface area contributed by atoms with Crippen LogP contribution in [-0.2, 0) is 10.0 Å². The quantitative estimate of drug-likeness (QED) is 0.864. The molecule has 1 aromatic rings. The Kier molecular flexibility index (Phi) is 4.89. The molecule has 0 aliphatic carbocycles. The highest BCUT2D eigenvalue weighted by Gasteiger charge is 2.31. The predicted octanol–water partition coefficient (Wildman–Crippen LogP) is 1.83. The van der Waals surface area contributed by atoms with Crippen molar-refractivity contribution in [2.24, 2.45) is 0 Å². The molecular formula is C15H24N2O5S. The maximum absolute atomic E-state index is 12.5. The molecule has 0 saturated carbocycles. The molecule has 2 N–H and O–H groups in total. The van der Waals surface area contributed by atoms with Gasteiger partial charge in [-0.15, -0.1) is 0 Å². The number of hydrogen-bond acceptors (Lipinski definition) is 5. The number of aromatic carboxylic acids is 1. The summed E-state index contributed by atoms with van der Waals surface area (Å²) in [5.41, 5.74) is 0.0708. The number of aryl methyl sites for hydroxylation is 1. The Morgan fingerprint density at radius 1 is 1.35 bits per heavy atom. The summed E-state index contributed by atoms with van der Waals surface area (Å²) in [7, 11) is -3.78. The van der Waals surface area contributed by atoms with Gasteiger partial charge in [0.05, 0.1) is 0 Å². The number of hydrogen-bond donors (Lipinski definition) is 2. The molecule has 2 heterocycles. The molecular weight excluding hydrogens is 320 g/mol. The second-order valence-electron chi connectivity index (χ2n) is 6.89. The van der Waals surface area contributed by atoms with Gasteiger partial charge in [0, 0.05) is 30.7 Å². The van der Waals surface area contributed by atoms with Gasteiger partial charge in [-0.1, -0.05) is 0 Å². The third-order valence-electron chi connectivity index (χ3n) is 4.14. The predicted molar refractivity (Wildman–Crippen MR) is 85.1 cm³/mol. The van der Waals surface area contributed by atoms with Gasteiger partial charge in [0.1, 0.15) is 10.7 Å². The van der Waals surface area contributed by atoms with E-state index < -0.39 is 16.0 Å². The van der Waals surface area contributed by atoms with Gasteiger partial charge in [-0.2, -0.15) is 0 Å². The Morgan fingerprint density at radius 2 is 1.91 bits per heavy atom. The number of rotatable bonds is 4. The first-order valence-electron chi connectivity index (χ1n) is 7.62. The Hall–Kier alpha value is -1.38. The maximum Gasteiger partial charge on any atom is 0.371 e. The van der Waals surface area contributed by atoms with Gasteiger partial charge in [0.2, 0.25) is 15.8 Å². The topological polar surface area (TPSA) is 99.8 Å². The minimum atomic E-state index is -3.78. The number of nitrogens with one attached hydrogen (secondary N) is 1. The zero-order valence-electron chi connectivity index (χ0n) is 13.9. The van der Waals surface area contributed by atoms with Crippen LogP contribution < -0.4 is 4.72 Å². The third-order valence-corrected chi connectivity index (χ3v) is 5.77. The van der Waals surface area contributed by atoms with E-state index in [9.17, 15) is 13.2 Å². The van der Waals surface area contributed by atoms with Crippen molar-refractivity contribution < 1.29 is 22.7 Å². The average Bonchev–Trinajstić information content (AvgIpc) is 2.81.